The van der Waals surface area contributed by atoms with Crippen LogP contribution in [0.5, 0.6) is 0 Å². The van der Waals surface area contributed by atoms with Crippen LogP contribution < -0.4 is 11.5 Å². The molecule has 28 heavy (non-hydrogen) atoms. The van der Waals surface area contributed by atoms with Crippen molar-refractivity contribution in [3.8, 4) is 0 Å². The van der Waals surface area contributed by atoms with Crippen LogP contribution in [0.4, 0.5) is 11.4 Å². The molecule has 4 heteroatoms. The SMILES string of the molecule is Cc1ccccc1C(C(=O)O)(c1ccccc1)c1c(C)c(C)c(C)c(N)c1N. The second kappa shape index (κ2) is 7.04. The maximum atomic E-state index is 13.1. The Morgan fingerprint density at radius 1 is 0.786 bits per heavy atom. The minimum Gasteiger partial charge on any atom is -0.480 e. The first kappa shape index (κ1) is 19.5. The van der Waals surface area contributed by atoms with Crippen molar-refractivity contribution in [1.82, 2.24) is 0 Å². The van der Waals surface area contributed by atoms with Gasteiger partial charge in [0, 0.05) is 5.56 Å². The Morgan fingerprint density at radius 2 is 1.36 bits per heavy atom. The highest BCUT2D eigenvalue weighted by Crippen LogP contribution is 2.47. The Kier molecular flexibility index (Phi) is 4.90. The third-order valence-corrected chi connectivity index (χ3v) is 5.92. The summed E-state index contributed by atoms with van der Waals surface area (Å²) in [6.45, 7) is 7.72. The molecule has 0 aliphatic carbocycles. The predicted molar refractivity (Wildman–Crippen MR) is 115 cm³/mol. The van der Waals surface area contributed by atoms with Crippen molar-refractivity contribution >= 4 is 17.3 Å². The molecule has 4 nitrogen and oxygen atoms in total. The second-order valence-electron chi connectivity index (χ2n) is 7.31. The molecule has 144 valence electrons. The van der Waals surface area contributed by atoms with Crippen molar-refractivity contribution in [2.24, 2.45) is 0 Å². The Bertz CT molecular complexity index is 1030. The van der Waals surface area contributed by atoms with Crippen LogP contribution in [0.3, 0.4) is 0 Å². The quantitative estimate of drug-likeness (QED) is 0.463. The number of benzene rings is 3. The Morgan fingerprint density at radius 3 is 1.93 bits per heavy atom. The monoisotopic (exact) mass is 374 g/mol. The molecule has 0 aliphatic heterocycles. The molecule has 1 unspecified atom stereocenters. The molecule has 3 aromatic rings. The maximum absolute atomic E-state index is 13.1. The van der Waals surface area contributed by atoms with E-state index in [-0.39, 0.29) is 0 Å². The van der Waals surface area contributed by atoms with Gasteiger partial charge in [0.1, 0.15) is 5.41 Å². The zero-order valence-corrected chi connectivity index (χ0v) is 16.7. The Balaban J connectivity index is 2.61. The molecular formula is C24H26N2O2. The van der Waals surface area contributed by atoms with Gasteiger partial charge in [0.05, 0.1) is 11.4 Å². The van der Waals surface area contributed by atoms with E-state index >= 15 is 0 Å². The average molecular weight is 374 g/mol. The molecule has 0 amide bonds. The molecule has 5 N–H and O–H groups in total. The van der Waals surface area contributed by atoms with Gasteiger partial charge in [0.15, 0.2) is 0 Å². The molecular weight excluding hydrogens is 348 g/mol. The number of hydrogen-bond donors (Lipinski definition) is 3. The zero-order valence-electron chi connectivity index (χ0n) is 16.7. The van der Waals surface area contributed by atoms with Crippen LogP contribution in [0, 0.1) is 27.7 Å². The van der Waals surface area contributed by atoms with Gasteiger partial charge in [-0.05, 0) is 61.1 Å². The van der Waals surface area contributed by atoms with Crippen LogP contribution >= 0.6 is 0 Å². The molecule has 0 aliphatic rings. The number of carbonyl (C=O) groups is 1. The largest absolute Gasteiger partial charge is 0.480 e. The van der Waals surface area contributed by atoms with Crippen LogP contribution in [-0.2, 0) is 10.2 Å². The van der Waals surface area contributed by atoms with Crippen LogP contribution in [0.15, 0.2) is 54.6 Å². The number of carboxylic acid groups (broad SMARTS) is 1. The normalized spacial score (nSPS) is 13.1. The van der Waals surface area contributed by atoms with Crippen LogP contribution in [-0.4, -0.2) is 11.1 Å². The molecule has 0 radical (unpaired) electrons. The van der Waals surface area contributed by atoms with Gasteiger partial charge < -0.3 is 16.6 Å². The van der Waals surface area contributed by atoms with Crippen molar-refractivity contribution in [3.05, 3.63) is 93.5 Å². The van der Waals surface area contributed by atoms with E-state index in [0.29, 0.717) is 28.1 Å². The van der Waals surface area contributed by atoms with E-state index in [4.69, 9.17) is 11.5 Å². The summed E-state index contributed by atoms with van der Waals surface area (Å²) in [6, 6.07) is 16.8. The predicted octanol–water partition coefficient (Wildman–Crippen LogP) is 4.50. The molecule has 3 aromatic carbocycles. The molecule has 0 spiro atoms. The summed E-state index contributed by atoms with van der Waals surface area (Å²) in [5.74, 6) is -0.981. The third-order valence-electron chi connectivity index (χ3n) is 5.92. The van der Waals surface area contributed by atoms with Crippen molar-refractivity contribution in [3.63, 3.8) is 0 Å². The van der Waals surface area contributed by atoms with Gasteiger partial charge in [0.25, 0.3) is 0 Å². The van der Waals surface area contributed by atoms with Gasteiger partial charge in [0.2, 0.25) is 0 Å². The van der Waals surface area contributed by atoms with E-state index < -0.39 is 11.4 Å². The van der Waals surface area contributed by atoms with E-state index in [0.717, 1.165) is 22.3 Å². The van der Waals surface area contributed by atoms with E-state index in [9.17, 15) is 9.90 Å². The first-order chi connectivity index (χ1) is 13.2. The summed E-state index contributed by atoms with van der Waals surface area (Å²) in [6.07, 6.45) is 0. The highest BCUT2D eigenvalue weighted by atomic mass is 16.4. The van der Waals surface area contributed by atoms with Crippen molar-refractivity contribution < 1.29 is 9.90 Å². The Hall–Kier alpha value is -3.27. The molecule has 0 saturated heterocycles. The van der Waals surface area contributed by atoms with Crippen LogP contribution in [0.25, 0.3) is 0 Å². The van der Waals surface area contributed by atoms with Crippen molar-refractivity contribution in [2.45, 2.75) is 33.1 Å². The Labute approximate surface area is 165 Å². The van der Waals surface area contributed by atoms with Crippen LogP contribution in [0.1, 0.15) is 38.9 Å². The van der Waals surface area contributed by atoms with Crippen molar-refractivity contribution in [2.75, 3.05) is 11.5 Å². The molecule has 1 atom stereocenters. The lowest BCUT2D eigenvalue weighted by Crippen LogP contribution is -2.41. The van der Waals surface area contributed by atoms with Gasteiger partial charge in [-0.2, -0.15) is 0 Å². The summed E-state index contributed by atoms with van der Waals surface area (Å²) in [4.78, 5) is 13.1. The average Bonchev–Trinajstić information content (AvgIpc) is 2.69. The van der Waals surface area contributed by atoms with Crippen LogP contribution in [0.2, 0.25) is 0 Å². The number of aliphatic carboxylic acids is 1. The number of hydrogen-bond acceptors (Lipinski definition) is 3. The van der Waals surface area contributed by atoms with Gasteiger partial charge in [-0.25, -0.2) is 0 Å². The zero-order chi connectivity index (χ0) is 20.6. The van der Waals surface area contributed by atoms with E-state index in [1.54, 1.807) is 0 Å². The number of nitrogen functional groups attached to an aromatic ring is 2. The van der Waals surface area contributed by atoms with E-state index in [1.165, 1.54) is 0 Å². The van der Waals surface area contributed by atoms with E-state index in [2.05, 4.69) is 0 Å². The second-order valence-corrected chi connectivity index (χ2v) is 7.31. The lowest BCUT2D eigenvalue weighted by Gasteiger charge is -2.36. The van der Waals surface area contributed by atoms with Gasteiger partial charge in [-0.3, -0.25) is 4.79 Å². The maximum Gasteiger partial charge on any atom is 0.323 e. The molecule has 0 fully saturated rings. The minimum atomic E-state index is -1.46. The molecule has 0 bridgehead atoms. The van der Waals surface area contributed by atoms with Crippen molar-refractivity contribution in [1.29, 1.82) is 0 Å². The topological polar surface area (TPSA) is 89.3 Å². The highest BCUT2D eigenvalue weighted by Gasteiger charge is 2.48. The summed E-state index contributed by atoms with van der Waals surface area (Å²) >= 11 is 0. The minimum absolute atomic E-state index is 0.329. The number of nitrogens with two attached hydrogens (primary N) is 2. The lowest BCUT2D eigenvalue weighted by molar-refractivity contribution is -0.140. The fraction of sp³-hybridized carbons (Fsp3) is 0.208. The first-order valence-electron chi connectivity index (χ1n) is 9.24. The molecule has 3 rings (SSSR count). The lowest BCUT2D eigenvalue weighted by atomic mass is 9.65. The summed E-state index contributed by atoms with van der Waals surface area (Å²) < 4.78 is 0. The summed E-state index contributed by atoms with van der Waals surface area (Å²) in [7, 11) is 0. The van der Waals surface area contributed by atoms with Gasteiger partial charge >= 0.3 is 5.97 Å². The number of anilines is 2. The smallest absolute Gasteiger partial charge is 0.323 e. The molecule has 0 heterocycles. The summed E-state index contributed by atoms with van der Waals surface area (Å²) in [5, 5.41) is 10.7. The number of carboxylic acids is 1. The number of aryl methyl sites for hydroxylation is 1. The first-order valence-corrected chi connectivity index (χ1v) is 9.24. The summed E-state index contributed by atoms with van der Waals surface area (Å²) in [5.41, 5.74) is 17.6. The fourth-order valence-electron chi connectivity index (χ4n) is 4.15. The third kappa shape index (κ3) is 2.64. The van der Waals surface area contributed by atoms with E-state index in [1.807, 2.05) is 82.3 Å². The fourth-order valence-corrected chi connectivity index (χ4v) is 4.15. The van der Waals surface area contributed by atoms with Gasteiger partial charge in [-0.15, -0.1) is 0 Å². The molecule has 0 aromatic heterocycles. The standard InChI is InChI=1S/C24H26N2O2/c1-14-10-8-9-13-19(14)24(23(27)28,18-11-6-5-7-12-18)20-16(3)15(2)17(4)21(25)22(20)26/h5-13H,25-26H2,1-4H3,(H,27,28). The number of rotatable bonds is 4. The highest BCUT2D eigenvalue weighted by molar-refractivity contribution is 5.96. The molecule has 0 saturated carbocycles. The van der Waals surface area contributed by atoms with Gasteiger partial charge in [-0.1, -0.05) is 54.6 Å².